The molecule has 0 saturated carbocycles. The summed E-state index contributed by atoms with van der Waals surface area (Å²) in [7, 11) is 0. The molecule has 0 aromatic rings. The van der Waals surface area contributed by atoms with Crippen molar-refractivity contribution in [1.82, 2.24) is 0 Å². The van der Waals surface area contributed by atoms with Gasteiger partial charge < -0.3 is 0 Å². The highest BCUT2D eigenvalue weighted by molar-refractivity contribution is 7.81. The molecule has 9 heavy (non-hydrogen) atoms. The van der Waals surface area contributed by atoms with Crippen molar-refractivity contribution in [3.63, 3.8) is 0 Å². The first-order valence-electron chi connectivity index (χ1n) is 3.37. The fourth-order valence-corrected chi connectivity index (χ4v) is 1.02. The van der Waals surface area contributed by atoms with Crippen molar-refractivity contribution in [3.05, 3.63) is 0 Å². The summed E-state index contributed by atoms with van der Waals surface area (Å²) in [5.41, 5.74) is 0. The van der Waals surface area contributed by atoms with Crippen LogP contribution >= 0.6 is 24.2 Å². The topological polar surface area (TPSA) is 0 Å². The third-order valence-corrected chi connectivity index (χ3v) is 2.85. The number of halogens is 1. The van der Waals surface area contributed by atoms with E-state index in [0.717, 1.165) is 12.8 Å². The minimum Gasteiger partial charge on any atom is -0.174 e. The highest BCUT2D eigenvalue weighted by Gasteiger charge is 2.24. The van der Waals surface area contributed by atoms with Gasteiger partial charge in [0.1, 0.15) is 0 Å². The van der Waals surface area contributed by atoms with Crippen LogP contribution in [0.4, 0.5) is 0 Å². The van der Waals surface area contributed by atoms with Gasteiger partial charge in [-0.25, -0.2) is 0 Å². The molecule has 2 unspecified atom stereocenters. The third kappa shape index (κ3) is 3.36. The van der Waals surface area contributed by atoms with Crippen LogP contribution in [0.25, 0.3) is 0 Å². The second-order valence-electron chi connectivity index (χ2n) is 2.70. The summed E-state index contributed by atoms with van der Waals surface area (Å²) >= 11 is 10.4. The van der Waals surface area contributed by atoms with Gasteiger partial charge >= 0.3 is 0 Å². The second kappa shape index (κ2) is 3.72. The van der Waals surface area contributed by atoms with Gasteiger partial charge in [0.15, 0.2) is 0 Å². The van der Waals surface area contributed by atoms with Gasteiger partial charge in [-0.15, -0.1) is 11.6 Å². The molecule has 56 valence electrons. The summed E-state index contributed by atoms with van der Waals surface area (Å²) in [6.45, 7) is 6.21. The molecule has 0 aliphatic heterocycles. The molecule has 0 saturated heterocycles. The number of rotatable bonds is 3. The normalized spacial score (nSPS) is 21.0. The molecule has 0 aromatic heterocycles. The van der Waals surface area contributed by atoms with Crippen molar-refractivity contribution in [2.24, 2.45) is 0 Å². The molecule has 0 aromatic carbocycles. The van der Waals surface area contributed by atoms with Gasteiger partial charge in [0, 0.05) is 5.25 Å². The Morgan fingerprint density at radius 2 is 2.11 bits per heavy atom. The first-order chi connectivity index (χ1) is 4.00. The predicted octanol–water partition coefficient (Wildman–Crippen LogP) is 3.10. The summed E-state index contributed by atoms with van der Waals surface area (Å²) in [6, 6.07) is 0. The fourth-order valence-electron chi connectivity index (χ4n) is 0.698. The maximum Gasteiger partial charge on any atom is 0.0531 e. The smallest absolute Gasteiger partial charge is 0.0531 e. The monoisotopic (exact) mass is 166 g/mol. The Labute approximate surface area is 68.4 Å². The summed E-state index contributed by atoms with van der Waals surface area (Å²) in [4.78, 5) is -0.113. The van der Waals surface area contributed by atoms with Crippen molar-refractivity contribution >= 4 is 24.2 Å². The lowest BCUT2D eigenvalue weighted by atomic mass is 10.0. The molecule has 0 aliphatic carbocycles. The largest absolute Gasteiger partial charge is 0.174 e. The number of thiol groups is 1. The van der Waals surface area contributed by atoms with E-state index in [1.807, 2.05) is 13.8 Å². The van der Waals surface area contributed by atoms with Crippen LogP contribution in [0.5, 0.6) is 0 Å². The highest BCUT2D eigenvalue weighted by atomic mass is 35.5. The van der Waals surface area contributed by atoms with Crippen LogP contribution in [0, 0.1) is 0 Å². The first-order valence-corrected chi connectivity index (χ1v) is 4.27. The molecule has 2 atom stereocenters. The van der Waals surface area contributed by atoms with Gasteiger partial charge in [-0.1, -0.05) is 20.3 Å². The van der Waals surface area contributed by atoms with Gasteiger partial charge in [0.25, 0.3) is 0 Å². The van der Waals surface area contributed by atoms with Gasteiger partial charge in [0.2, 0.25) is 0 Å². The van der Waals surface area contributed by atoms with E-state index < -0.39 is 0 Å². The molecular formula is C7H15ClS. The Hall–Kier alpha value is 0.640. The average molecular weight is 167 g/mol. The Balaban J connectivity index is 3.70. The van der Waals surface area contributed by atoms with E-state index in [9.17, 15) is 0 Å². The van der Waals surface area contributed by atoms with Crippen LogP contribution in [0.3, 0.4) is 0 Å². The van der Waals surface area contributed by atoms with Crippen molar-refractivity contribution in [1.29, 1.82) is 0 Å². The van der Waals surface area contributed by atoms with E-state index >= 15 is 0 Å². The van der Waals surface area contributed by atoms with Crippen molar-refractivity contribution in [3.8, 4) is 0 Å². The van der Waals surface area contributed by atoms with E-state index in [1.54, 1.807) is 0 Å². The summed E-state index contributed by atoms with van der Waals surface area (Å²) in [5.74, 6) is 0. The second-order valence-corrected chi connectivity index (χ2v) is 4.34. The first kappa shape index (κ1) is 9.64. The van der Waals surface area contributed by atoms with E-state index in [0.29, 0.717) is 0 Å². The van der Waals surface area contributed by atoms with Crippen molar-refractivity contribution < 1.29 is 0 Å². The molecule has 0 fully saturated rings. The predicted molar refractivity (Wildman–Crippen MR) is 47.6 cm³/mol. The van der Waals surface area contributed by atoms with Crippen LogP contribution in [-0.4, -0.2) is 10.1 Å². The summed E-state index contributed by atoms with van der Waals surface area (Å²) in [6.07, 6.45) is 2.17. The minimum absolute atomic E-state index is 0.113. The molecule has 0 N–H and O–H groups in total. The standard InChI is InChI=1S/C7H15ClS/c1-4-5-7(3,8)6(2)9/h6,9H,4-5H2,1-3H3. The SMILES string of the molecule is CCCC(C)(Cl)C(C)S. The number of alkyl halides is 1. The zero-order valence-corrected chi connectivity index (χ0v) is 7.97. The van der Waals surface area contributed by atoms with Crippen LogP contribution in [0.2, 0.25) is 0 Å². The van der Waals surface area contributed by atoms with E-state index in [1.165, 1.54) is 0 Å². The van der Waals surface area contributed by atoms with Gasteiger partial charge in [-0.3, -0.25) is 0 Å². The lowest BCUT2D eigenvalue weighted by Crippen LogP contribution is -2.26. The summed E-state index contributed by atoms with van der Waals surface area (Å²) < 4.78 is 0. The van der Waals surface area contributed by atoms with E-state index in [4.69, 9.17) is 11.6 Å². The minimum atomic E-state index is -0.113. The molecule has 0 rings (SSSR count). The van der Waals surface area contributed by atoms with E-state index in [2.05, 4.69) is 19.6 Å². The lowest BCUT2D eigenvalue weighted by Gasteiger charge is -2.24. The third-order valence-electron chi connectivity index (χ3n) is 1.61. The fraction of sp³-hybridized carbons (Fsp3) is 1.00. The zero-order chi connectivity index (χ0) is 7.49. The Morgan fingerprint density at radius 1 is 1.67 bits per heavy atom. The summed E-state index contributed by atoms with van der Waals surface area (Å²) in [5, 5.41) is 0.277. The maximum atomic E-state index is 6.09. The molecule has 0 radical (unpaired) electrons. The quantitative estimate of drug-likeness (QED) is 0.484. The molecule has 0 amide bonds. The van der Waals surface area contributed by atoms with Crippen LogP contribution in [0.15, 0.2) is 0 Å². The van der Waals surface area contributed by atoms with Gasteiger partial charge in [-0.2, -0.15) is 12.6 Å². The average Bonchev–Trinajstić information content (AvgIpc) is 1.65. The van der Waals surface area contributed by atoms with Crippen molar-refractivity contribution in [2.45, 2.75) is 43.7 Å². The van der Waals surface area contributed by atoms with Crippen molar-refractivity contribution in [2.75, 3.05) is 0 Å². The lowest BCUT2D eigenvalue weighted by molar-refractivity contribution is 0.562. The Kier molecular flexibility index (Phi) is 3.99. The maximum absolute atomic E-state index is 6.09. The Bertz CT molecular complexity index is 79.0. The van der Waals surface area contributed by atoms with Crippen LogP contribution in [-0.2, 0) is 0 Å². The molecule has 0 bridgehead atoms. The molecule has 0 spiro atoms. The zero-order valence-electron chi connectivity index (χ0n) is 6.32. The van der Waals surface area contributed by atoms with Gasteiger partial charge in [-0.05, 0) is 13.3 Å². The highest BCUT2D eigenvalue weighted by Crippen LogP contribution is 2.28. The molecule has 0 aliphatic rings. The Morgan fingerprint density at radius 3 is 2.22 bits per heavy atom. The molecule has 2 heteroatoms. The molecular weight excluding hydrogens is 152 g/mol. The van der Waals surface area contributed by atoms with Gasteiger partial charge in [0.05, 0.1) is 4.87 Å². The van der Waals surface area contributed by atoms with Crippen LogP contribution < -0.4 is 0 Å². The molecule has 0 nitrogen and oxygen atoms in total. The number of hydrogen-bond donors (Lipinski definition) is 1. The number of hydrogen-bond acceptors (Lipinski definition) is 1. The van der Waals surface area contributed by atoms with E-state index in [-0.39, 0.29) is 10.1 Å². The van der Waals surface area contributed by atoms with Crippen LogP contribution in [0.1, 0.15) is 33.6 Å². The molecule has 0 heterocycles.